The number of rotatable bonds is 5. The highest BCUT2D eigenvalue weighted by molar-refractivity contribution is 6.05. The molecule has 0 radical (unpaired) electrons. The monoisotopic (exact) mass is 329 g/mol. The minimum atomic E-state index is -0.946. The van der Waals surface area contributed by atoms with Gasteiger partial charge in [-0.3, -0.25) is 5.43 Å². The lowest BCUT2D eigenvalue weighted by molar-refractivity contribution is -0.991. The zero-order chi connectivity index (χ0) is 17.1. The molecule has 126 valence electrons. The third-order valence-corrected chi connectivity index (χ3v) is 4.00. The molecule has 0 saturated carbocycles. The number of hydrogen-bond acceptors (Lipinski definition) is 6. The molecule has 24 heavy (non-hydrogen) atoms. The quantitative estimate of drug-likeness (QED) is 0.729. The predicted octanol–water partition coefficient (Wildman–Crippen LogP) is 1.87. The fourth-order valence-corrected chi connectivity index (χ4v) is 2.72. The fourth-order valence-electron chi connectivity index (χ4n) is 2.72. The van der Waals surface area contributed by atoms with Crippen LogP contribution in [0.2, 0.25) is 0 Å². The molecule has 1 aliphatic carbocycles. The number of ether oxygens (including phenoxy) is 2. The number of nitrogens with zero attached hydrogens (tertiary/aromatic N) is 1. The second-order valence-electron chi connectivity index (χ2n) is 5.42. The summed E-state index contributed by atoms with van der Waals surface area (Å²) in [5, 5.41) is 23.3. The molecule has 1 unspecified atom stereocenters. The van der Waals surface area contributed by atoms with Crippen molar-refractivity contribution >= 4 is 17.1 Å². The maximum atomic E-state index is 10.9. The predicted molar refractivity (Wildman–Crippen MR) is 90.2 cm³/mol. The van der Waals surface area contributed by atoms with Crippen LogP contribution in [-0.4, -0.2) is 25.1 Å². The van der Waals surface area contributed by atoms with Crippen LogP contribution in [-0.2, 0) is 6.42 Å². The molecule has 0 amide bonds. The number of nitrogens with one attached hydrogen (secondary N) is 2. The molecule has 2 aromatic rings. The third kappa shape index (κ3) is 3.18. The van der Waals surface area contributed by atoms with E-state index in [0.29, 0.717) is 5.75 Å². The van der Waals surface area contributed by atoms with Gasteiger partial charge in [0.1, 0.15) is 0 Å². The van der Waals surface area contributed by atoms with Crippen LogP contribution in [0.5, 0.6) is 11.5 Å². The Balaban J connectivity index is 1.81. The van der Waals surface area contributed by atoms with Crippen LogP contribution >= 0.6 is 0 Å². The average Bonchev–Trinajstić information content (AvgIpc) is 3.00. The lowest BCUT2D eigenvalue weighted by Gasteiger charge is -2.12. The molecule has 2 aromatic carbocycles. The zero-order valence-corrected chi connectivity index (χ0v) is 13.5. The van der Waals surface area contributed by atoms with Gasteiger partial charge in [0.2, 0.25) is 0 Å². The van der Waals surface area contributed by atoms with E-state index in [1.807, 2.05) is 12.1 Å². The standard InChI is InChI=1S/C17H19N3O4/c1-23-16-9-11-3-8-15(14(11)10-17(16)24-2)19-18-12-4-6-13(7-5-12)20(21)22/h4-7,9-10,18,20-21H,3,8H2,1-2H3. The van der Waals surface area contributed by atoms with E-state index in [-0.39, 0.29) is 5.69 Å². The Morgan fingerprint density at radius 1 is 1.08 bits per heavy atom. The van der Waals surface area contributed by atoms with Crippen molar-refractivity contribution < 1.29 is 19.9 Å². The van der Waals surface area contributed by atoms with Gasteiger partial charge in [0, 0.05) is 17.7 Å². The molecule has 7 nitrogen and oxygen atoms in total. The van der Waals surface area contributed by atoms with Gasteiger partial charge in [0.05, 0.1) is 25.6 Å². The summed E-state index contributed by atoms with van der Waals surface area (Å²) in [5.74, 6) is 1.39. The van der Waals surface area contributed by atoms with Crippen LogP contribution in [0.15, 0.2) is 41.5 Å². The first-order valence-electron chi connectivity index (χ1n) is 7.53. The minimum absolute atomic E-state index is 0.247. The Morgan fingerprint density at radius 2 is 1.75 bits per heavy atom. The third-order valence-electron chi connectivity index (χ3n) is 4.00. The first-order chi connectivity index (χ1) is 11.6. The van der Waals surface area contributed by atoms with E-state index >= 15 is 0 Å². The van der Waals surface area contributed by atoms with Gasteiger partial charge in [-0.05, 0) is 42.7 Å². The number of fused-ring (bicyclic) bond motifs is 1. The van der Waals surface area contributed by atoms with Crippen molar-refractivity contribution in [1.29, 1.82) is 0 Å². The molecule has 0 spiro atoms. The van der Waals surface area contributed by atoms with Crippen molar-refractivity contribution in [3.05, 3.63) is 52.7 Å². The van der Waals surface area contributed by atoms with E-state index in [1.165, 1.54) is 5.56 Å². The molecule has 3 rings (SSSR count). The van der Waals surface area contributed by atoms with E-state index in [9.17, 15) is 5.21 Å². The number of methoxy groups -OCH3 is 2. The van der Waals surface area contributed by atoms with Crippen molar-refractivity contribution in [2.24, 2.45) is 5.10 Å². The second-order valence-corrected chi connectivity index (χ2v) is 5.42. The van der Waals surface area contributed by atoms with E-state index in [4.69, 9.17) is 14.7 Å². The van der Waals surface area contributed by atoms with E-state index in [1.54, 1.807) is 38.5 Å². The van der Waals surface area contributed by atoms with Crippen LogP contribution in [0.25, 0.3) is 0 Å². The average molecular weight is 329 g/mol. The van der Waals surface area contributed by atoms with Gasteiger partial charge >= 0.3 is 0 Å². The van der Waals surface area contributed by atoms with Gasteiger partial charge in [0.25, 0.3) is 0 Å². The first-order valence-corrected chi connectivity index (χ1v) is 7.53. The molecule has 1 atom stereocenters. The molecular formula is C17H19N3O4. The maximum Gasteiger partial charge on any atom is 0.163 e. The van der Waals surface area contributed by atoms with Gasteiger partial charge in [-0.2, -0.15) is 10.3 Å². The number of quaternary nitrogens is 1. The highest BCUT2D eigenvalue weighted by atomic mass is 16.8. The Hall–Kier alpha value is -2.61. The van der Waals surface area contributed by atoms with Crippen LogP contribution in [0, 0.1) is 5.21 Å². The summed E-state index contributed by atoms with van der Waals surface area (Å²) in [7, 11) is 3.23. The summed E-state index contributed by atoms with van der Waals surface area (Å²) in [6.07, 6.45) is 1.72. The van der Waals surface area contributed by atoms with Crippen molar-refractivity contribution in [2.75, 3.05) is 19.6 Å². The summed E-state index contributed by atoms with van der Waals surface area (Å²) in [4.78, 5) is 0. The summed E-state index contributed by atoms with van der Waals surface area (Å²) >= 11 is 0. The topological polar surface area (TPSA) is 90.6 Å². The summed E-state index contributed by atoms with van der Waals surface area (Å²) in [5.41, 5.74) is 7.12. The highest BCUT2D eigenvalue weighted by Crippen LogP contribution is 2.35. The largest absolute Gasteiger partial charge is 0.595 e. The van der Waals surface area contributed by atoms with Crippen molar-refractivity contribution in [3.8, 4) is 11.5 Å². The molecule has 7 heteroatoms. The van der Waals surface area contributed by atoms with Crippen LogP contribution in [0.4, 0.5) is 11.4 Å². The van der Waals surface area contributed by atoms with Crippen molar-refractivity contribution in [3.63, 3.8) is 0 Å². The van der Waals surface area contributed by atoms with E-state index in [0.717, 1.165) is 35.6 Å². The maximum absolute atomic E-state index is 10.9. The van der Waals surface area contributed by atoms with E-state index in [2.05, 4.69) is 10.5 Å². The minimum Gasteiger partial charge on any atom is -0.595 e. The normalized spacial score (nSPS) is 15.9. The molecule has 0 aromatic heterocycles. The molecule has 1 aliphatic rings. The first kappa shape index (κ1) is 16.3. The molecule has 0 aliphatic heterocycles. The highest BCUT2D eigenvalue weighted by Gasteiger charge is 2.21. The Morgan fingerprint density at radius 3 is 2.38 bits per heavy atom. The number of aryl methyl sites for hydroxylation is 1. The number of benzene rings is 2. The smallest absolute Gasteiger partial charge is 0.163 e. The summed E-state index contributed by atoms with van der Waals surface area (Å²) < 4.78 is 10.7. The van der Waals surface area contributed by atoms with Crippen molar-refractivity contribution in [1.82, 2.24) is 0 Å². The summed E-state index contributed by atoms with van der Waals surface area (Å²) in [6, 6.07) is 10.4. The zero-order valence-electron chi connectivity index (χ0n) is 13.5. The molecule has 0 saturated heterocycles. The summed E-state index contributed by atoms with van der Waals surface area (Å²) in [6.45, 7) is 0. The number of anilines is 1. The Kier molecular flexibility index (Phi) is 4.66. The van der Waals surface area contributed by atoms with Crippen LogP contribution in [0.1, 0.15) is 17.5 Å². The fraction of sp³-hybridized carbons (Fsp3) is 0.235. The van der Waals surface area contributed by atoms with Gasteiger partial charge in [-0.25, -0.2) is 5.21 Å². The molecular weight excluding hydrogens is 310 g/mol. The van der Waals surface area contributed by atoms with Gasteiger partial charge < -0.3 is 14.7 Å². The Labute approximate surface area is 139 Å². The second kappa shape index (κ2) is 6.88. The molecule has 3 N–H and O–H groups in total. The number of hydrazone groups is 1. The molecule has 0 heterocycles. The van der Waals surface area contributed by atoms with Crippen molar-refractivity contribution in [2.45, 2.75) is 12.8 Å². The van der Waals surface area contributed by atoms with E-state index < -0.39 is 5.23 Å². The lowest BCUT2D eigenvalue weighted by Crippen LogP contribution is -2.99. The van der Waals surface area contributed by atoms with Gasteiger partial charge in [0.15, 0.2) is 17.2 Å². The van der Waals surface area contributed by atoms with Gasteiger partial charge in [-0.1, -0.05) is 0 Å². The van der Waals surface area contributed by atoms with Crippen LogP contribution < -0.4 is 20.1 Å². The van der Waals surface area contributed by atoms with Crippen LogP contribution in [0.3, 0.4) is 0 Å². The Bertz CT molecular complexity index is 757. The van der Waals surface area contributed by atoms with Gasteiger partial charge in [-0.15, -0.1) is 0 Å². The molecule has 0 fully saturated rings. The lowest BCUT2D eigenvalue weighted by atomic mass is 10.1. The molecule has 0 bridgehead atoms. The SMILES string of the molecule is COc1cc2c(cc1OC)C(=NNc1ccc([NH+]([O-])O)cc1)CC2. The number of hydrogen-bond donors (Lipinski definition) is 3.